The molecule has 0 amide bonds. The van der Waals surface area contributed by atoms with Gasteiger partial charge in [0, 0.05) is 16.3 Å². The van der Waals surface area contributed by atoms with Crippen molar-refractivity contribution in [1.29, 1.82) is 0 Å². The third kappa shape index (κ3) is 3.38. The van der Waals surface area contributed by atoms with Crippen molar-refractivity contribution in [3.63, 3.8) is 0 Å². The largest absolute Gasteiger partial charge is 0.507 e. The smallest absolute Gasteiger partial charge is 0.125 e. The number of phenolic OH excluding ortho intramolecular Hbond substituents is 1. The van der Waals surface area contributed by atoms with Crippen LogP contribution in [0.3, 0.4) is 0 Å². The summed E-state index contributed by atoms with van der Waals surface area (Å²) in [5.41, 5.74) is 5.37. The fourth-order valence-electron chi connectivity index (χ4n) is 1.98. The Hall–Kier alpha value is -2.41. The Morgan fingerprint density at radius 2 is 2.24 bits per heavy atom. The van der Waals surface area contributed by atoms with E-state index < -0.39 is 0 Å². The molecule has 21 heavy (non-hydrogen) atoms. The Balaban J connectivity index is 2.51. The summed E-state index contributed by atoms with van der Waals surface area (Å²) in [5, 5.41) is 10.7. The lowest BCUT2D eigenvalue weighted by atomic mass is 10.1. The normalized spacial score (nSPS) is 14.7. The van der Waals surface area contributed by atoms with Gasteiger partial charge in [-0.25, -0.2) is 0 Å². The molecule has 0 aliphatic carbocycles. The van der Waals surface area contributed by atoms with Gasteiger partial charge in [-0.05, 0) is 49.4 Å². The second-order valence-electron chi connectivity index (χ2n) is 4.37. The monoisotopic (exact) mass is 297 g/mol. The quantitative estimate of drug-likeness (QED) is 0.623. The standard InChI is InChI=1S/C18H16ClNO/c1-3-5-8-15(4-2)20-12-7-6-9-17(20)16-13-14(19)10-11-18(16)21/h3-6,8-13,21H,2H2,1H3/b5-3-,15-8+. The van der Waals surface area contributed by atoms with Crippen molar-refractivity contribution in [2.45, 2.75) is 6.92 Å². The minimum absolute atomic E-state index is 0.175. The summed E-state index contributed by atoms with van der Waals surface area (Å²) in [7, 11) is 0. The molecular weight excluding hydrogens is 282 g/mol. The molecule has 0 spiro atoms. The van der Waals surface area contributed by atoms with Crippen molar-refractivity contribution < 1.29 is 5.11 Å². The second-order valence-corrected chi connectivity index (χ2v) is 4.80. The van der Waals surface area contributed by atoms with Crippen LogP contribution in [-0.2, 0) is 0 Å². The molecule has 2 rings (SSSR count). The fraction of sp³-hybridized carbons (Fsp3) is 0.0556. The third-order valence-corrected chi connectivity index (χ3v) is 3.22. The zero-order chi connectivity index (χ0) is 15.2. The minimum atomic E-state index is 0.175. The number of phenols is 1. The van der Waals surface area contributed by atoms with Crippen LogP contribution in [-0.4, -0.2) is 10.0 Å². The van der Waals surface area contributed by atoms with Gasteiger partial charge in [0.15, 0.2) is 0 Å². The van der Waals surface area contributed by atoms with Gasteiger partial charge in [0.2, 0.25) is 0 Å². The van der Waals surface area contributed by atoms with Crippen molar-refractivity contribution in [2.24, 2.45) is 0 Å². The van der Waals surface area contributed by atoms with Crippen molar-refractivity contribution in [2.75, 3.05) is 0 Å². The molecule has 106 valence electrons. The van der Waals surface area contributed by atoms with E-state index in [1.807, 2.05) is 36.1 Å². The van der Waals surface area contributed by atoms with E-state index in [2.05, 4.69) is 12.3 Å². The lowest BCUT2D eigenvalue weighted by Crippen LogP contribution is -2.15. The molecule has 0 fully saturated rings. The number of halogens is 1. The lowest BCUT2D eigenvalue weighted by Gasteiger charge is -2.26. The number of allylic oxidation sites excluding steroid dienone is 6. The molecule has 1 aromatic rings. The molecule has 0 unspecified atom stereocenters. The summed E-state index contributed by atoms with van der Waals surface area (Å²) in [5.74, 6) is 0.175. The van der Waals surface area contributed by atoms with E-state index in [1.165, 1.54) is 0 Å². The molecule has 0 bridgehead atoms. The molecule has 1 aliphatic rings. The highest BCUT2D eigenvalue weighted by molar-refractivity contribution is 6.30. The molecule has 3 heteroatoms. The first-order valence-corrected chi connectivity index (χ1v) is 6.91. The van der Waals surface area contributed by atoms with Crippen LogP contribution in [0.15, 0.2) is 78.9 Å². The van der Waals surface area contributed by atoms with E-state index >= 15 is 0 Å². The number of hydrogen-bond donors (Lipinski definition) is 1. The van der Waals surface area contributed by atoms with E-state index in [9.17, 15) is 5.11 Å². The average Bonchev–Trinajstić information content (AvgIpc) is 2.51. The predicted molar refractivity (Wildman–Crippen MR) is 88.7 cm³/mol. The third-order valence-electron chi connectivity index (χ3n) is 2.98. The Morgan fingerprint density at radius 3 is 2.95 bits per heavy atom. The van der Waals surface area contributed by atoms with Crippen LogP contribution in [0.25, 0.3) is 5.70 Å². The second kappa shape index (κ2) is 6.85. The molecule has 1 aliphatic heterocycles. The minimum Gasteiger partial charge on any atom is -0.507 e. The van der Waals surface area contributed by atoms with Gasteiger partial charge >= 0.3 is 0 Å². The van der Waals surface area contributed by atoms with E-state index in [4.69, 9.17) is 11.6 Å². The highest BCUT2D eigenvalue weighted by Crippen LogP contribution is 2.33. The molecule has 0 saturated heterocycles. The van der Waals surface area contributed by atoms with E-state index in [0.717, 1.165) is 11.4 Å². The maximum absolute atomic E-state index is 10.1. The van der Waals surface area contributed by atoms with Gasteiger partial charge in [0.05, 0.1) is 11.9 Å². The van der Waals surface area contributed by atoms with Crippen LogP contribution in [0.4, 0.5) is 0 Å². The summed E-state index contributed by atoms with van der Waals surface area (Å²) >= 11 is 6.04. The Morgan fingerprint density at radius 1 is 1.43 bits per heavy atom. The summed E-state index contributed by atoms with van der Waals surface area (Å²) in [6.07, 6.45) is 13.0. The number of aromatic hydroxyl groups is 1. The van der Waals surface area contributed by atoms with Gasteiger partial charge in [0.1, 0.15) is 5.75 Å². The lowest BCUT2D eigenvalue weighted by molar-refractivity contribution is 0.471. The van der Waals surface area contributed by atoms with Gasteiger partial charge in [-0.3, -0.25) is 0 Å². The van der Waals surface area contributed by atoms with Crippen molar-refractivity contribution >= 4 is 17.3 Å². The molecule has 1 heterocycles. The maximum Gasteiger partial charge on any atom is 0.125 e. The van der Waals surface area contributed by atoms with Gasteiger partial charge in [0.25, 0.3) is 0 Å². The first-order chi connectivity index (χ1) is 10.2. The topological polar surface area (TPSA) is 23.5 Å². The molecule has 1 N–H and O–H groups in total. The number of nitrogens with zero attached hydrogens (tertiary/aromatic N) is 1. The Kier molecular flexibility index (Phi) is 4.89. The molecule has 0 radical (unpaired) electrons. The molecule has 0 atom stereocenters. The average molecular weight is 298 g/mol. The van der Waals surface area contributed by atoms with Crippen LogP contribution in [0, 0.1) is 0 Å². The molecular formula is C18H16ClNO. The predicted octanol–water partition coefficient (Wildman–Crippen LogP) is 5.02. The number of hydrogen-bond acceptors (Lipinski definition) is 2. The highest BCUT2D eigenvalue weighted by Gasteiger charge is 2.16. The van der Waals surface area contributed by atoms with Crippen molar-refractivity contribution in [3.8, 4) is 5.75 Å². The van der Waals surface area contributed by atoms with Crippen molar-refractivity contribution in [3.05, 3.63) is 89.4 Å². The van der Waals surface area contributed by atoms with Gasteiger partial charge in [-0.1, -0.05) is 30.3 Å². The summed E-state index contributed by atoms with van der Waals surface area (Å²) < 4.78 is 0. The first kappa shape index (κ1) is 15.0. The number of benzene rings is 1. The van der Waals surface area contributed by atoms with Gasteiger partial charge in [-0.2, -0.15) is 0 Å². The highest BCUT2D eigenvalue weighted by atomic mass is 35.5. The van der Waals surface area contributed by atoms with Crippen LogP contribution in [0.1, 0.15) is 12.5 Å². The molecule has 0 saturated carbocycles. The zero-order valence-corrected chi connectivity index (χ0v) is 12.5. The van der Waals surface area contributed by atoms with Crippen LogP contribution in [0.5, 0.6) is 5.75 Å². The van der Waals surface area contributed by atoms with Crippen LogP contribution >= 0.6 is 11.6 Å². The Labute approximate surface area is 130 Å². The zero-order valence-electron chi connectivity index (χ0n) is 11.8. The Bertz CT molecular complexity index is 704. The van der Waals surface area contributed by atoms with E-state index in [0.29, 0.717) is 10.6 Å². The van der Waals surface area contributed by atoms with Crippen molar-refractivity contribution in [1.82, 2.24) is 4.90 Å². The molecule has 0 aromatic heterocycles. The summed E-state index contributed by atoms with van der Waals surface area (Å²) in [4.78, 5) is 1.90. The number of rotatable bonds is 4. The SMILES string of the molecule is C=C/C(=C\C=C/C)N1C=C=CC=C1c1cc(Cl)ccc1O. The molecule has 2 nitrogen and oxygen atoms in total. The summed E-state index contributed by atoms with van der Waals surface area (Å²) in [6.45, 7) is 5.79. The van der Waals surface area contributed by atoms with Gasteiger partial charge < -0.3 is 10.0 Å². The van der Waals surface area contributed by atoms with Crippen LogP contribution in [0.2, 0.25) is 5.02 Å². The maximum atomic E-state index is 10.1. The fourth-order valence-corrected chi connectivity index (χ4v) is 2.15. The van der Waals surface area contributed by atoms with Gasteiger partial charge in [-0.15, -0.1) is 5.73 Å². The van der Waals surface area contributed by atoms with E-state index in [1.54, 1.807) is 36.6 Å². The first-order valence-electron chi connectivity index (χ1n) is 6.54. The van der Waals surface area contributed by atoms with Crippen LogP contribution < -0.4 is 0 Å². The van der Waals surface area contributed by atoms with E-state index in [-0.39, 0.29) is 5.75 Å². The summed E-state index contributed by atoms with van der Waals surface area (Å²) in [6, 6.07) is 4.98. The molecule has 1 aromatic carbocycles.